The Labute approximate surface area is 192 Å². The molecule has 1 aromatic rings. The van der Waals surface area contributed by atoms with Crippen molar-refractivity contribution >= 4 is 28.8 Å². The maximum Gasteiger partial charge on any atom is 0.291 e. The van der Waals surface area contributed by atoms with E-state index in [1.54, 1.807) is 14.0 Å². The topological polar surface area (TPSA) is 63.2 Å². The number of piperidine rings is 1. The van der Waals surface area contributed by atoms with Gasteiger partial charge < -0.3 is 25.3 Å². The number of aliphatic imine (C=N–C) groups is 1. The number of allylic oxidation sites excluding steroid dienone is 1. The number of benzene rings is 1. The minimum Gasteiger partial charge on any atom is -0.369 e. The lowest BCUT2D eigenvalue weighted by atomic mass is 10.1. The maximum atomic E-state index is 14.2. The summed E-state index contributed by atoms with van der Waals surface area (Å²) in [7, 11) is 3.68. The van der Waals surface area contributed by atoms with Gasteiger partial charge in [0.25, 0.3) is 5.91 Å². The summed E-state index contributed by atoms with van der Waals surface area (Å²) in [5.74, 6) is -0.151. The number of anilines is 3. The van der Waals surface area contributed by atoms with E-state index in [0.29, 0.717) is 24.4 Å². The Balaban J connectivity index is 0.00000176. The lowest BCUT2D eigenvalue weighted by molar-refractivity contribution is -0.110. The summed E-state index contributed by atoms with van der Waals surface area (Å²) in [6.07, 6.45) is 0.532. The molecule has 1 aromatic carbocycles. The zero-order valence-electron chi connectivity index (χ0n) is 20.2. The molecule has 2 fully saturated rings. The molecule has 8 heteroatoms. The Morgan fingerprint density at radius 2 is 1.84 bits per heavy atom. The molecule has 3 rings (SSSR count). The van der Waals surface area contributed by atoms with E-state index in [0.717, 1.165) is 50.5 Å². The van der Waals surface area contributed by atoms with Crippen LogP contribution in [0, 0.1) is 0 Å². The van der Waals surface area contributed by atoms with Gasteiger partial charge in [0.2, 0.25) is 0 Å². The number of likely N-dealkylation sites (N-methyl/N-ethyl adjacent to an activating group) is 1. The zero-order valence-corrected chi connectivity index (χ0v) is 20.2. The number of carbonyl (C=O) groups is 1. The minimum atomic E-state index is -0.854. The average Bonchev–Trinajstić information content (AvgIpc) is 2.79. The van der Waals surface area contributed by atoms with Gasteiger partial charge in [0.05, 0.1) is 11.4 Å². The van der Waals surface area contributed by atoms with Gasteiger partial charge in [-0.3, -0.25) is 9.79 Å². The summed E-state index contributed by atoms with van der Waals surface area (Å²) < 4.78 is 14.2. The Bertz CT molecular complexity index is 804. The summed E-state index contributed by atoms with van der Waals surface area (Å²) in [5.41, 5.74) is 3.25. The number of hydrogen-bond donors (Lipinski definition) is 2. The molecule has 2 saturated heterocycles. The van der Waals surface area contributed by atoms with Gasteiger partial charge in [-0.1, -0.05) is 20.4 Å². The van der Waals surface area contributed by atoms with Crippen LogP contribution >= 0.6 is 0 Å². The standard InChI is InChI=1S/C22H33FN6O.C2H6/c1-16(2)25-21(24-3)22(30)26-19-8-7-18(28-12-10-27(4)11-13-28)14-20(19)29-9-5-6-17(23)15-29;1-2/h7-8,14,17H,1,5-6,9-13,15H2,2-4H3,(H,24,25)(H,26,30);1-2H3. The van der Waals surface area contributed by atoms with E-state index in [2.05, 4.69) is 45.1 Å². The second-order valence-corrected chi connectivity index (χ2v) is 8.11. The summed E-state index contributed by atoms with van der Waals surface area (Å²) in [4.78, 5) is 23.5. The van der Waals surface area contributed by atoms with E-state index in [1.807, 2.05) is 30.9 Å². The molecule has 7 nitrogen and oxygen atoms in total. The first-order valence-electron chi connectivity index (χ1n) is 11.5. The Morgan fingerprint density at radius 3 is 2.44 bits per heavy atom. The van der Waals surface area contributed by atoms with Gasteiger partial charge in [-0.05, 0) is 45.0 Å². The highest BCUT2D eigenvalue weighted by atomic mass is 19.1. The van der Waals surface area contributed by atoms with Crippen molar-refractivity contribution in [2.75, 3.05) is 68.5 Å². The number of hydrogen-bond acceptors (Lipinski definition) is 5. The molecule has 178 valence electrons. The molecule has 0 bridgehead atoms. The number of amides is 1. The number of alkyl halides is 1. The number of nitrogens with one attached hydrogen (secondary N) is 2. The van der Waals surface area contributed by atoms with Gasteiger partial charge in [0, 0.05) is 57.7 Å². The first-order valence-corrected chi connectivity index (χ1v) is 11.5. The molecule has 2 N–H and O–H groups in total. The minimum absolute atomic E-state index is 0.193. The van der Waals surface area contributed by atoms with Crippen LogP contribution in [0.1, 0.15) is 33.6 Å². The van der Waals surface area contributed by atoms with Gasteiger partial charge in [0.1, 0.15) is 6.17 Å². The fourth-order valence-electron chi connectivity index (χ4n) is 3.89. The third-order valence-corrected chi connectivity index (χ3v) is 5.57. The van der Waals surface area contributed by atoms with Crippen molar-refractivity contribution in [2.24, 2.45) is 4.99 Å². The second-order valence-electron chi connectivity index (χ2n) is 8.11. The summed E-state index contributed by atoms with van der Waals surface area (Å²) in [6.45, 7) is 14.6. The molecular formula is C24H39FN6O. The monoisotopic (exact) mass is 446 g/mol. The van der Waals surface area contributed by atoms with Crippen LogP contribution in [0.25, 0.3) is 0 Å². The normalized spacial score (nSPS) is 19.7. The first-order chi connectivity index (χ1) is 15.4. The van der Waals surface area contributed by atoms with Crippen LogP contribution in [0.15, 0.2) is 35.5 Å². The predicted molar refractivity (Wildman–Crippen MR) is 134 cm³/mol. The lowest BCUT2D eigenvalue weighted by Gasteiger charge is -2.36. The molecule has 0 aromatic heterocycles. The molecule has 0 spiro atoms. The molecule has 0 radical (unpaired) electrons. The highest BCUT2D eigenvalue weighted by Gasteiger charge is 2.24. The van der Waals surface area contributed by atoms with Gasteiger partial charge >= 0.3 is 0 Å². The van der Waals surface area contributed by atoms with Gasteiger partial charge in [-0.2, -0.15) is 0 Å². The fraction of sp³-hybridized carbons (Fsp3) is 0.583. The summed E-state index contributed by atoms with van der Waals surface area (Å²) in [6, 6.07) is 6.01. The first kappa shape index (κ1) is 25.6. The van der Waals surface area contributed by atoms with Gasteiger partial charge in [-0.25, -0.2) is 4.39 Å². The van der Waals surface area contributed by atoms with Crippen molar-refractivity contribution in [1.29, 1.82) is 0 Å². The Morgan fingerprint density at radius 1 is 1.16 bits per heavy atom. The molecule has 1 atom stereocenters. The molecule has 2 aliphatic rings. The molecule has 1 amide bonds. The van der Waals surface area contributed by atoms with E-state index in [4.69, 9.17) is 0 Å². The third-order valence-electron chi connectivity index (χ3n) is 5.57. The number of amidine groups is 1. The fourth-order valence-corrected chi connectivity index (χ4v) is 3.89. The van der Waals surface area contributed by atoms with Crippen LogP contribution in [0.3, 0.4) is 0 Å². The quantitative estimate of drug-likeness (QED) is 0.548. The van der Waals surface area contributed by atoms with E-state index >= 15 is 0 Å². The molecule has 0 saturated carbocycles. The van der Waals surface area contributed by atoms with Crippen molar-refractivity contribution in [3.8, 4) is 0 Å². The Hall–Kier alpha value is -2.61. The molecule has 2 aliphatic heterocycles. The van der Waals surface area contributed by atoms with Crippen molar-refractivity contribution in [1.82, 2.24) is 10.2 Å². The van der Waals surface area contributed by atoms with E-state index in [-0.39, 0.29) is 11.7 Å². The number of rotatable bonds is 4. The van der Waals surface area contributed by atoms with Crippen LogP contribution in [0.5, 0.6) is 0 Å². The zero-order chi connectivity index (χ0) is 23.7. The smallest absolute Gasteiger partial charge is 0.291 e. The number of nitrogens with zero attached hydrogens (tertiary/aromatic N) is 4. The molecule has 2 heterocycles. The van der Waals surface area contributed by atoms with Crippen molar-refractivity contribution in [3.05, 3.63) is 30.5 Å². The van der Waals surface area contributed by atoms with E-state index < -0.39 is 6.17 Å². The summed E-state index contributed by atoms with van der Waals surface area (Å²) in [5, 5.41) is 5.83. The van der Waals surface area contributed by atoms with Crippen LogP contribution in [0.2, 0.25) is 0 Å². The maximum absolute atomic E-state index is 14.2. The van der Waals surface area contributed by atoms with Crippen LogP contribution in [0.4, 0.5) is 21.5 Å². The van der Waals surface area contributed by atoms with Crippen molar-refractivity contribution in [3.63, 3.8) is 0 Å². The molecular weight excluding hydrogens is 407 g/mol. The molecule has 1 unspecified atom stereocenters. The third kappa shape index (κ3) is 6.95. The summed E-state index contributed by atoms with van der Waals surface area (Å²) >= 11 is 0. The highest BCUT2D eigenvalue weighted by Crippen LogP contribution is 2.33. The van der Waals surface area contributed by atoms with E-state index in [1.165, 1.54) is 0 Å². The van der Waals surface area contributed by atoms with Gasteiger partial charge in [-0.15, -0.1) is 0 Å². The SMILES string of the molecule is C=C(C)NC(=NC)C(=O)Nc1ccc(N2CCN(C)CC2)cc1N1CCCC(F)C1.CC. The second kappa shape index (κ2) is 12.4. The number of piperazine rings is 1. The Kier molecular flexibility index (Phi) is 9.97. The number of halogens is 1. The largest absolute Gasteiger partial charge is 0.369 e. The van der Waals surface area contributed by atoms with Gasteiger partial charge in [0.15, 0.2) is 5.84 Å². The lowest BCUT2D eigenvalue weighted by Crippen LogP contribution is -2.44. The molecule has 32 heavy (non-hydrogen) atoms. The average molecular weight is 447 g/mol. The van der Waals surface area contributed by atoms with Crippen molar-refractivity contribution in [2.45, 2.75) is 39.8 Å². The van der Waals surface area contributed by atoms with Crippen LogP contribution in [-0.2, 0) is 4.79 Å². The van der Waals surface area contributed by atoms with E-state index in [9.17, 15) is 9.18 Å². The van der Waals surface area contributed by atoms with Crippen LogP contribution in [-0.4, -0.2) is 76.2 Å². The predicted octanol–water partition coefficient (Wildman–Crippen LogP) is 3.49. The molecule has 0 aliphatic carbocycles. The highest BCUT2D eigenvalue weighted by molar-refractivity contribution is 6.42. The number of carbonyl (C=O) groups excluding carboxylic acids is 1. The van der Waals surface area contributed by atoms with Crippen molar-refractivity contribution < 1.29 is 9.18 Å². The van der Waals surface area contributed by atoms with Crippen LogP contribution < -0.4 is 20.4 Å².